The molecular weight excluding hydrogens is 227 g/mol. The first kappa shape index (κ1) is 11.1. The molecule has 0 saturated heterocycles. The molecule has 0 fully saturated rings. The Morgan fingerprint density at radius 1 is 1.06 bits per heavy atom. The van der Waals surface area contributed by atoms with Crippen LogP contribution in [0.25, 0.3) is 11.1 Å². The first-order chi connectivity index (χ1) is 8.66. The van der Waals surface area contributed by atoms with E-state index < -0.39 is 0 Å². The molecule has 18 heavy (non-hydrogen) atoms. The Kier molecular flexibility index (Phi) is 2.51. The van der Waals surface area contributed by atoms with Gasteiger partial charge in [0, 0.05) is 12.0 Å². The van der Waals surface area contributed by atoms with E-state index in [-0.39, 0.29) is 11.6 Å². The molecule has 0 unspecified atom stereocenters. The smallest absolute Gasteiger partial charge is 0.163 e. The van der Waals surface area contributed by atoms with Gasteiger partial charge >= 0.3 is 0 Å². The standard InChI is InChI=1S/C16H13FO/c1-10-5-6-11(9-15(10)17)12-3-2-4-14-13(12)7-8-16(14)18/h2-6,9H,7-8H2,1H3. The molecule has 0 aliphatic heterocycles. The first-order valence-electron chi connectivity index (χ1n) is 6.08. The number of fused-ring (bicyclic) bond motifs is 1. The predicted molar refractivity (Wildman–Crippen MR) is 69.2 cm³/mol. The zero-order chi connectivity index (χ0) is 12.7. The summed E-state index contributed by atoms with van der Waals surface area (Å²) in [7, 11) is 0. The van der Waals surface area contributed by atoms with Crippen LogP contribution in [0.4, 0.5) is 4.39 Å². The van der Waals surface area contributed by atoms with Crippen molar-refractivity contribution in [1.29, 1.82) is 0 Å². The largest absolute Gasteiger partial charge is 0.294 e. The van der Waals surface area contributed by atoms with Gasteiger partial charge in [0.1, 0.15) is 5.82 Å². The fourth-order valence-corrected chi connectivity index (χ4v) is 2.52. The molecular formula is C16H13FO. The summed E-state index contributed by atoms with van der Waals surface area (Å²) in [5, 5.41) is 0. The second-order valence-corrected chi connectivity index (χ2v) is 4.72. The molecule has 0 radical (unpaired) electrons. The molecule has 2 aromatic rings. The fraction of sp³-hybridized carbons (Fsp3) is 0.188. The summed E-state index contributed by atoms with van der Waals surface area (Å²) in [5.41, 5.74) is 4.34. The quantitative estimate of drug-likeness (QED) is 0.738. The molecule has 90 valence electrons. The third-order valence-corrected chi connectivity index (χ3v) is 3.56. The van der Waals surface area contributed by atoms with Crippen molar-refractivity contribution in [2.75, 3.05) is 0 Å². The summed E-state index contributed by atoms with van der Waals surface area (Å²) >= 11 is 0. The van der Waals surface area contributed by atoms with E-state index >= 15 is 0 Å². The summed E-state index contributed by atoms with van der Waals surface area (Å²) in [6.45, 7) is 1.75. The monoisotopic (exact) mass is 240 g/mol. The minimum atomic E-state index is -0.200. The van der Waals surface area contributed by atoms with Gasteiger partial charge in [-0.05, 0) is 41.7 Å². The fourth-order valence-electron chi connectivity index (χ4n) is 2.52. The maximum absolute atomic E-state index is 13.6. The van der Waals surface area contributed by atoms with Gasteiger partial charge in [-0.3, -0.25) is 4.79 Å². The number of carbonyl (C=O) groups is 1. The van der Waals surface area contributed by atoms with E-state index in [4.69, 9.17) is 0 Å². The minimum absolute atomic E-state index is 0.194. The van der Waals surface area contributed by atoms with E-state index in [1.54, 1.807) is 19.1 Å². The molecule has 0 spiro atoms. The van der Waals surface area contributed by atoms with Gasteiger partial charge in [0.05, 0.1) is 0 Å². The van der Waals surface area contributed by atoms with Crippen LogP contribution in [0, 0.1) is 12.7 Å². The van der Waals surface area contributed by atoms with Crippen molar-refractivity contribution in [3.8, 4) is 11.1 Å². The maximum Gasteiger partial charge on any atom is 0.163 e. The zero-order valence-electron chi connectivity index (χ0n) is 10.2. The third-order valence-electron chi connectivity index (χ3n) is 3.56. The van der Waals surface area contributed by atoms with Crippen molar-refractivity contribution < 1.29 is 9.18 Å². The average Bonchev–Trinajstić information content (AvgIpc) is 2.75. The maximum atomic E-state index is 13.6. The summed E-state index contributed by atoms with van der Waals surface area (Å²) in [6.07, 6.45) is 1.33. The highest BCUT2D eigenvalue weighted by molar-refractivity contribution is 6.02. The molecule has 1 aliphatic carbocycles. The topological polar surface area (TPSA) is 17.1 Å². The number of ketones is 1. The lowest BCUT2D eigenvalue weighted by Gasteiger charge is -2.08. The van der Waals surface area contributed by atoms with Gasteiger partial charge in [0.2, 0.25) is 0 Å². The molecule has 0 saturated carbocycles. The van der Waals surface area contributed by atoms with Crippen molar-refractivity contribution in [3.05, 3.63) is 58.9 Å². The highest BCUT2D eigenvalue weighted by atomic mass is 19.1. The van der Waals surface area contributed by atoms with Crippen LogP contribution in [0.3, 0.4) is 0 Å². The molecule has 0 aromatic heterocycles. The number of benzene rings is 2. The molecule has 0 amide bonds. The second-order valence-electron chi connectivity index (χ2n) is 4.72. The van der Waals surface area contributed by atoms with Gasteiger partial charge in [-0.25, -0.2) is 4.39 Å². The molecule has 0 heterocycles. The lowest BCUT2D eigenvalue weighted by atomic mass is 9.96. The summed E-state index contributed by atoms with van der Waals surface area (Å²) < 4.78 is 13.6. The Bertz CT molecular complexity index is 644. The number of aryl methyl sites for hydroxylation is 1. The van der Waals surface area contributed by atoms with E-state index in [1.807, 2.05) is 24.3 Å². The van der Waals surface area contributed by atoms with Crippen molar-refractivity contribution in [2.45, 2.75) is 19.8 Å². The Balaban J connectivity index is 2.18. The van der Waals surface area contributed by atoms with Crippen molar-refractivity contribution in [2.24, 2.45) is 0 Å². The second kappa shape index (κ2) is 4.05. The van der Waals surface area contributed by atoms with E-state index in [2.05, 4.69) is 0 Å². The van der Waals surface area contributed by atoms with E-state index in [0.29, 0.717) is 12.0 Å². The normalized spacial score (nSPS) is 13.8. The van der Waals surface area contributed by atoms with Crippen molar-refractivity contribution in [3.63, 3.8) is 0 Å². The Hall–Kier alpha value is -1.96. The van der Waals surface area contributed by atoms with Crippen LogP contribution >= 0.6 is 0 Å². The van der Waals surface area contributed by atoms with Crippen LogP contribution < -0.4 is 0 Å². The Labute approximate surface area is 105 Å². The molecule has 2 aromatic carbocycles. The lowest BCUT2D eigenvalue weighted by molar-refractivity contribution is 0.0994. The number of halogens is 1. The van der Waals surface area contributed by atoms with Crippen LogP contribution in [0.15, 0.2) is 36.4 Å². The van der Waals surface area contributed by atoms with Gasteiger partial charge in [0.25, 0.3) is 0 Å². The van der Waals surface area contributed by atoms with Gasteiger partial charge in [-0.1, -0.05) is 30.3 Å². The van der Waals surface area contributed by atoms with Crippen LogP contribution in [-0.4, -0.2) is 5.78 Å². The van der Waals surface area contributed by atoms with Gasteiger partial charge in [0.15, 0.2) is 5.78 Å². The highest BCUT2D eigenvalue weighted by Gasteiger charge is 2.22. The van der Waals surface area contributed by atoms with Crippen LogP contribution in [0.2, 0.25) is 0 Å². The van der Waals surface area contributed by atoms with Gasteiger partial charge in [-0.15, -0.1) is 0 Å². The van der Waals surface area contributed by atoms with E-state index in [0.717, 1.165) is 28.7 Å². The molecule has 0 bridgehead atoms. The Morgan fingerprint density at radius 3 is 2.61 bits per heavy atom. The lowest BCUT2D eigenvalue weighted by Crippen LogP contribution is -1.93. The Morgan fingerprint density at radius 2 is 1.83 bits per heavy atom. The number of hydrogen-bond donors (Lipinski definition) is 0. The highest BCUT2D eigenvalue weighted by Crippen LogP contribution is 2.32. The predicted octanol–water partition coefficient (Wildman–Crippen LogP) is 3.93. The van der Waals surface area contributed by atoms with Crippen LogP contribution in [0.1, 0.15) is 27.9 Å². The van der Waals surface area contributed by atoms with Crippen LogP contribution in [-0.2, 0) is 6.42 Å². The van der Waals surface area contributed by atoms with Gasteiger partial charge in [-0.2, -0.15) is 0 Å². The molecule has 0 N–H and O–H groups in total. The van der Waals surface area contributed by atoms with Crippen LogP contribution in [0.5, 0.6) is 0 Å². The van der Waals surface area contributed by atoms with E-state index in [1.165, 1.54) is 0 Å². The minimum Gasteiger partial charge on any atom is -0.294 e. The first-order valence-corrected chi connectivity index (χ1v) is 6.08. The summed E-state index contributed by atoms with van der Waals surface area (Å²) in [4.78, 5) is 11.7. The number of hydrogen-bond acceptors (Lipinski definition) is 1. The van der Waals surface area contributed by atoms with Gasteiger partial charge < -0.3 is 0 Å². The molecule has 3 rings (SSSR count). The van der Waals surface area contributed by atoms with E-state index in [9.17, 15) is 9.18 Å². The number of carbonyl (C=O) groups excluding carboxylic acids is 1. The molecule has 1 nitrogen and oxygen atoms in total. The molecule has 1 aliphatic rings. The summed E-state index contributed by atoms with van der Waals surface area (Å²) in [6, 6.07) is 10.9. The number of Topliss-reactive ketones (excluding diaryl/α,β-unsaturated/α-hetero) is 1. The zero-order valence-corrected chi connectivity index (χ0v) is 10.2. The SMILES string of the molecule is Cc1ccc(-c2cccc3c2CCC3=O)cc1F. The van der Waals surface area contributed by atoms with Crippen molar-refractivity contribution >= 4 is 5.78 Å². The summed E-state index contributed by atoms with van der Waals surface area (Å²) in [5.74, 6) is -0.00569. The third kappa shape index (κ3) is 1.65. The molecule has 0 atom stereocenters. The molecule has 2 heteroatoms. The van der Waals surface area contributed by atoms with Crippen molar-refractivity contribution in [1.82, 2.24) is 0 Å². The average molecular weight is 240 g/mol. The number of rotatable bonds is 1.